The molecule has 0 spiro atoms. The average Bonchev–Trinajstić information content (AvgIpc) is 3.10. The van der Waals surface area contributed by atoms with Crippen LogP contribution in [-0.2, 0) is 9.05 Å². The molecule has 0 aromatic heterocycles. The largest absolute Gasteiger partial charge is 0.339 e. The van der Waals surface area contributed by atoms with Crippen molar-refractivity contribution in [3.63, 3.8) is 0 Å². The summed E-state index contributed by atoms with van der Waals surface area (Å²) in [6, 6.07) is 6.08. The second-order valence-electron chi connectivity index (χ2n) is 4.11. The summed E-state index contributed by atoms with van der Waals surface area (Å²) in [6.45, 7) is 0. The number of hydrogen-bond acceptors (Lipinski definition) is 3. The number of halogens is 1. The van der Waals surface area contributed by atoms with Crippen LogP contribution in [0.25, 0.3) is 0 Å². The zero-order valence-electron chi connectivity index (χ0n) is 9.26. The van der Waals surface area contributed by atoms with Crippen molar-refractivity contribution in [2.75, 3.05) is 7.05 Å². The highest BCUT2D eigenvalue weighted by Crippen LogP contribution is 2.27. The molecular formula is C11H12ClNO3S. The highest BCUT2D eigenvalue weighted by Gasteiger charge is 2.30. The number of hydrogen-bond donors (Lipinski definition) is 0. The quantitative estimate of drug-likeness (QED) is 0.790. The van der Waals surface area contributed by atoms with E-state index in [1.807, 2.05) is 0 Å². The molecule has 0 bridgehead atoms. The molecule has 92 valence electrons. The summed E-state index contributed by atoms with van der Waals surface area (Å²) in [5, 5.41) is 0. The van der Waals surface area contributed by atoms with E-state index in [1.165, 1.54) is 18.2 Å². The molecule has 6 heteroatoms. The van der Waals surface area contributed by atoms with E-state index in [-0.39, 0.29) is 10.8 Å². The van der Waals surface area contributed by atoms with Crippen LogP contribution in [-0.4, -0.2) is 32.3 Å². The average molecular weight is 274 g/mol. The molecule has 1 amide bonds. The molecule has 17 heavy (non-hydrogen) atoms. The fraction of sp³-hybridized carbons (Fsp3) is 0.364. The molecule has 1 aromatic rings. The molecule has 0 atom stereocenters. The molecule has 0 N–H and O–H groups in total. The van der Waals surface area contributed by atoms with Crippen molar-refractivity contribution in [2.45, 2.75) is 23.8 Å². The van der Waals surface area contributed by atoms with Gasteiger partial charge in [0.25, 0.3) is 15.0 Å². The molecule has 0 heterocycles. The monoisotopic (exact) mass is 273 g/mol. The SMILES string of the molecule is CN(C(=O)c1cccc(S(=O)(=O)Cl)c1)C1CC1. The maximum Gasteiger partial charge on any atom is 0.261 e. The summed E-state index contributed by atoms with van der Waals surface area (Å²) in [7, 11) is 3.17. The van der Waals surface area contributed by atoms with E-state index in [2.05, 4.69) is 0 Å². The molecule has 1 aliphatic rings. The summed E-state index contributed by atoms with van der Waals surface area (Å²) in [5.74, 6) is -0.172. The van der Waals surface area contributed by atoms with Crippen molar-refractivity contribution < 1.29 is 13.2 Å². The molecule has 0 saturated heterocycles. The van der Waals surface area contributed by atoms with Gasteiger partial charge in [-0.3, -0.25) is 4.79 Å². The Morgan fingerprint density at radius 1 is 1.41 bits per heavy atom. The molecule has 0 radical (unpaired) electrons. The molecule has 1 saturated carbocycles. The number of benzene rings is 1. The van der Waals surface area contributed by atoms with Gasteiger partial charge in [0.1, 0.15) is 0 Å². The molecule has 0 aliphatic heterocycles. The lowest BCUT2D eigenvalue weighted by Crippen LogP contribution is -2.28. The van der Waals surface area contributed by atoms with Crippen LogP contribution in [0.4, 0.5) is 0 Å². The number of carbonyl (C=O) groups excluding carboxylic acids is 1. The van der Waals surface area contributed by atoms with E-state index in [4.69, 9.17) is 10.7 Å². The standard InChI is InChI=1S/C11H12ClNO3S/c1-13(9-5-6-9)11(14)8-3-2-4-10(7-8)17(12,15)16/h2-4,7,9H,5-6H2,1H3. The Bertz CT molecular complexity index is 552. The number of nitrogens with zero attached hydrogens (tertiary/aromatic N) is 1. The molecule has 0 unspecified atom stereocenters. The lowest BCUT2D eigenvalue weighted by molar-refractivity contribution is 0.0785. The first kappa shape index (κ1) is 12.4. The van der Waals surface area contributed by atoms with Gasteiger partial charge in [-0.25, -0.2) is 8.42 Å². The zero-order chi connectivity index (χ0) is 12.6. The summed E-state index contributed by atoms with van der Waals surface area (Å²) in [4.78, 5) is 13.6. The first-order valence-electron chi connectivity index (χ1n) is 5.21. The van der Waals surface area contributed by atoms with Gasteiger partial charge in [0, 0.05) is 29.3 Å². The highest BCUT2D eigenvalue weighted by atomic mass is 35.7. The van der Waals surface area contributed by atoms with E-state index in [9.17, 15) is 13.2 Å². The molecule has 1 aromatic carbocycles. The van der Waals surface area contributed by atoms with Gasteiger partial charge >= 0.3 is 0 Å². The van der Waals surface area contributed by atoms with Gasteiger partial charge in [0.05, 0.1) is 4.90 Å². The van der Waals surface area contributed by atoms with Gasteiger partial charge in [-0.2, -0.15) is 0 Å². The first-order chi connectivity index (χ1) is 7.89. The molecular weight excluding hydrogens is 262 g/mol. The minimum absolute atomic E-state index is 0.0470. The Morgan fingerprint density at radius 3 is 2.59 bits per heavy atom. The normalized spacial score (nSPS) is 15.6. The first-order valence-corrected chi connectivity index (χ1v) is 7.52. The van der Waals surface area contributed by atoms with Crippen molar-refractivity contribution in [3.8, 4) is 0 Å². The summed E-state index contributed by atoms with van der Waals surface area (Å²) < 4.78 is 22.3. The highest BCUT2D eigenvalue weighted by molar-refractivity contribution is 8.13. The topological polar surface area (TPSA) is 54.5 Å². The van der Waals surface area contributed by atoms with Gasteiger partial charge in [-0.1, -0.05) is 6.07 Å². The van der Waals surface area contributed by atoms with Crippen molar-refractivity contribution in [2.24, 2.45) is 0 Å². The van der Waals surface area contributed by atoms with Crippen LogP contribution >= 0.6 is 10.7 Å². The van der Waals surface area contributed by atoms with Gasteiger partial charge in [0.15, 0.2) is 0 Å². The van der Waals surface area contributed by atoms with Gasteiger partial charge < -0.3 is 4.90 Å². The van der Waals surface area contributed by atoms with E-state index >= 15 is 0 Å². The van der Waals surface area contributed by atoms with Crippen molar-refractivity contribution in [3.05, 3.63) is 29.8 Å². The van der Waals surface area contributed by atoms with Gasteiger partial charge in [-0.15, -0.1) is 0 Å². The predicted octanol–water partition coefficient (Wildman–Crippen LogP) is 1.85. The molecule has 1 aliphatic carbocycles. The predicted molar refractivity (Wildman–Crippen MR) is 64.6 cm³/mol. The second-order valence-corrected chi connectivity index (χ2v) is 6.68. The van der Waals surface area contributed by atoms with Crippen molar-refractivity contribution >= 4 is 25.6 Å². The Morgan fingerprint density at radius 2 is 2.06 bits per heavy atom. The van der Waals surface area contributed by atoms with Gasteiger partial charge in [0.2, 0.25) is 0 Å². The summed E-state index contributed by atoms with van der Waals surface area (Å²) >= 11 is 0. The van der Waals surface area contributed by atoms with Crippen LogP contribution < -0.4 is 0 Å². The Labute approximate surface area is 105 Å². The van der Waals surface area contributed by atoms with E-state index in [1.54, 1.807) is 18.0 Å². The van der Waals surface area contributed by atoms with E-state index in [0.29, 0.717) is 11.6 Å². The van der Waals surface area contributed by atoms with Gasteiger partial charge in [-0.05, 0) is 31.0 Å². The smallest absolute Gasteiger partial charge is 0.261 e. The third kappa shape index (κ3) is 2.79. The Kier molecular flexibility index (Phi) is 3.14. The lowest BCUT2D eigenvalue weighted by Gasteiger charge is -2.16. The summed E-state index contributed by atoms with van der Waals surface area (Å²) in [6.07, 6.45) is 2.02. The van der Waals surface area contributed by atoms with Crippen LogP contribution in [0.5, 0.6) is 0 Å². The van der Waals surface area contributed by atoms with Crippen LogP contribution in [0.2, 0.25) is 0 Å². The second kappa shape index (κ2) is 4.31. The lowest BCUT2D eigenvalue weighted by atomic mass is 10.2. The minimum atomic E-state index is -3.79. The summed E-state index contributed by atoms with van der Waals surface area (Å²) in [5.41, 5.74) is 0.348. The van der Waals surface area contributed by atoms with E-state index < -0.39 is 9.05 Å². The maximum absolute atomic E-state index is 12.0. The molecule has 1 fully saturated rings. The van der Waals surface area contributed by atoms with Crippen LogP contribution in [0, 0.1) is 0 Å². The zero-order valence-corrected chi connectivity index (χ0v) is 10.8. The van der Waals surface area contributed by atoms with Crippen molar-refractivity contribution in [1.82, 2.24) is 4.90 Å². The van der Waals surface area contributed by atoms with Crippen LogP contribution in [0.1, 0.15) is 23.2 Å². The Balaban J connectivity index is 2.30. The van der Waals surface area contributed by atoms with E-state index in [0.717, 1.165) is 12.8 Å². The van der Waals surface area contributed by atoms with Crippen molar-refractivity contribution in [1.29, 1.82) is 0 Å². The maximum atomic E-state index is 12.0. The van der Waals surface area contributed by atoms with Crippen LogP contribution in [0.3, 0.4) is 0 Å². The third-order valence-corrected chi connectivity index (χ3v) is 4.13. The number of rotatable bonds is 3. The Hall–Kier alpha value is -1.07. The fourth-order valence-corrected chi connectivity index (χ4v) is 2.41. The minimum Gasteiger partial charge on any atom is -0.339 e. The molecule has 2 rings (SSSR count). The van der Waals surface area contributed by atoms with Crippen LogP contribution in [0.15, 0.2) is 29.2 Å². The molecule has 4 nitrogen and oxygen atoms in total. The third-order valence-electron chi connectivity index (χ3n) is 2.78. The number of carbonyl (C=O) groups is 1. The number of amides is 1. The fourth-order valence-electron chi connectivity index (χ4n) is 1.61.